The van der Waals surface area contributed by atoms with E-state index in [9.17, 15) is 9.18 Å². The van der Waals surface area contributed by atoms with Crippen molar-refractivity contribution >= 4 is 17.8 Å². The Balaban J connectivity index is 0.00000162. The maximum atomic E-state index is 13.3. The van der Waals surface area contributed by atoms with E-state index in [4.69, 9.17) is 0 Å². The van der Waals surface area contributed by atoms with Gasteiger partial charge in [0.25, 0.3) is 5.91 Å². The van der Waals surface area contributed by atoms with Gasteiger partial charge in [-0.05, 0) is 12.8 Å². The van der Waals surface area contributed by atoms with E-state index < -0.39 is 12.1 Å². The van der Waals surface area contributed by atoms with Crippen LogP contribution in [0.15, 0.2) is 18.3 Å². The summed E-state index contributed by atoms with van der Waals surface area (Å²) in [6, 6.07) is 4.64. The number of alkyl halides is 1. The van der Waals surface area contributed by atoms with Crippen LogP contribution in [0.4, 0.5) is 10.2 Å². The van der Waals surface area contributed by atoms with E-state index in [0.29, 0.717) is 25.2 Å². The minimum Gasteiger partial charge on any atom is -0.336 e. The van der Waals surface area contributed by atoms with Gasteiger partial charge in [-0.1, -0.05) is 13.1 Å². The summed E-state index contributed by atoms with van der Waals surface area (Å²) < 4.78 is 13.3. The fraction of sp³-hybridized carbons (Fsp3) is 0.385. The molecule has 2 rings (SSSR count). The third-order valence-corrected chi connectivity index (χ3v) is 2.70. The number of halogens is 1. The molecule has 1 radical (unpaired) electrons. The van der Waals surface area contributed by atoms with Crippen LogP contribution in [0.2, 0.25) is 0 Å². The zero-order valence-electron chi connectivity index (χ0n) is 10.3. The molecular formula is C13H14FN2OY-. The van der Waals surface area contributed by atoms with Crippen molar-refractivity contribution in [2.45, 2.75) is 25.9 Å². The van der Waals surface area contributed by atoms with Crippen molar-refractivity contribution in [3.05, 3.63) is 30.0 Å². The minimum atomic E-state index is -1.39. The second kappa shape index (κ2) is 7.10. The Hall–Kier alpha value is -0.606. The van der Waals surface area contributed by atoms with Crippen molar-refractivity contribution in [2.24, 2.45) is 0 Å². The number of pyridine rings is 1. The van der Waals surface area contributed by atoms with E-state index in [1.54, 1.807) is 12.3 Å². The maximum Gasteiger partial charge on any atom is 0.254 e. The van der Waals surface area contributed by atoms with Gasteiger partial charge in [-0.25, -0.2) is 4.39 Å². The molecule has 0 N–H and O–H groups in total. The first-order chi connectivity index (χ1) is 8.22. The average Bonchev–Trinajstić information content (AvgIpc) is 2.34. The van der Waals surface area contributed by atoms with Crippen molar-refractivity contribution in [2.75, 3.05) is 11.4 Å². The Labute approximate surface area is 131 Å². The Morgan fingerprint density at radius 2 is 2.39 bits per heavy atom. The van der Waals surface area contributed by atoms with Gasteiger partial charge in [0.2, 0.25) is 0 Å². The predicted octanol–water partition coefficient (Wildman–Crippen LogP) is 2.38. The van der Waals surface area contributed by atoms with Gasteiger partial charge in [0.1, 0.15) is 0 Å². The number of anilines is 1. The molecule has 93 valence electrons. The smallest absolute Gasteiger partial charge is 0.254 e. The van der Waals surface area contributed by atoms with E-state index in [0.717, 1.165) is 5.56 Å². The van der Waals surface area contributed by atoms with Crippen molar-refractivity contribution < 1.29 is 41.9 Å². The van der Waals surface area contributed by atoms with Crippen LogP contribution < -0.4 is 4.90 Å². The third kappa shape index (κ3) is 3.45. The van der Waals surface area contributed by atoms with Crippen LogP contribution in [0.25, 0.3) is 6.08 Å². The number of piperidine rings is 1. The summed E-state index contributed by atoms with van der Waals surface area (Å²) >= 11 is 0. The number of amides is 1. The number of hydrogen-bond donors (Lipinski definition) is 0. The molecule has 1 aromatic rings. The second-order valence-electron chi connectivity index (χ2n) is 3.96. The van der Waals surface area contributed by atoms with E-state index in [-0.39, 0.29) is 32.7 Å². The molecule has 1 aliphatic rings. The zero-order valence-corrected chi connectivity index (χ0v) is 13.1. The minimum absolute atomic E-state index is 0. The number of nitrogens with zero attached hydrogens (tertiary/aromatic N) is 2. The predicted molar refractivity (Wildman–Crippen MR) is 64.3 cm³/mol. The summed E-state index contributed by atoms with van der Waals surface area (Å²) in [5.74, 6) is -0.0125. The molecule has 1 saturated heterocycles. The Morgan fingerprint density at radius 1 is 1.61 bits per heavy atom. The molecule has 1 aliphatic heterocycles. The first kappa shape index (κ1) is 15.5. The van der Waals surface area contributed by atoms with Crippen LogP contribution in [-0.2, 0) is 37.5 Å². The molecule has 0 spiro atoms. The number of carbonyl (C=O) groups excluding carboxylic acids is 1. The van der Waals surface area contributed by atoms with Crippen LogP contribution in [-0.4, -0.2) is 23.6 Å². The van der Waals surface area contributed by atoms with Crippen LogP contribution in [0, 0.1) is 6.07 Å². The maximum absolute atomic E-state index is 13.3. The van der Waals surface area contributed by atoms with Crippen LogP contribution in [0.1, 0.15) is 25.3 Å². The number of rotatable bonds is 2. The van der Waals surface area contributed by atoms with Crippen molar-refractivity contribution in [3.63, 3.8) is 0 Å². The molecular weight excluding hydrogens is 308 g/mol. The monoisotopic (exact) mass is 322 g/mol. The SMILES string of the molecule is C/C=C/c1[c-]cc(N2CCCC(F)C2=O)nc1.[Y]. The third-order valence-electron chi connectivity index (χ3n) is 2.70. The molecule has 3 nitrogen and oxygen atoms in total. The molecule has 0 bridgehead atoms. The largest absolute Gasteiger partial charge is 0.336 e. The zero-order chi connectivity index (χ0) is 12.3. The van der Waals surface area contributed by atoms with E-state index in [2.05, 4.69) is 11.1 Å². The summed E-state index contributed by atoms with van der Waals surface area (Å²) in [5, 5.41) is 0. The van der Waals surface area contributed by atoms with E-state index in [1.807, 2.05) is 19.1 Å². The summed E-state index contributed by atoms with van der Waals surface area (Å²) in [5.41, 5.74) is 0.845. The van der Waals surface area contributed by atoms with Crippen molar-refractivity contribution in [1.82, 2.24) is 4.98 Å². The van der Waals surface area contributed by atoms with Crippen molar-refractivity contribution in [3.8, 4) is 0 Å². The topological polar surface area (TPSA) is 33.2 Å². The Bertz CT molecular complexity index is 433. The fourth-order valence-electron chi connectivity index (χ4n) is 1.84. The second-order valence-corrected chi connectivity index (χ2v) is 3.96. The van der Waals surface area contributed by atoms with Gasteiger partial charge in [-0.15, -0.1) is 29.8 Å². The Kier molecular flexibility index (Phi) is 6.09. The van der Waals surface area contributed by atoms with Crippen LogP contribution >= 0.6 is 0 Å². The molecule has 0 aromatic carbocycles. The van der Waals surface area contributed by atoms with E-state index >= 15 is 0 Å². The van der Waals surface area contributed by atoms with Crippen LogP contribution in [0.5, 0.6) is 0 Å². The van der Waals surface area contributed by atoms with Gasteiger partial charge in [0.15, 0.2) is 6.17 Å². The fourth-order valence-corrected chi connectivity index (χ4v) is 1.84. The van der Waals surface area contributed by atoms with Gasteiger partial charge < -0.3 is 9.88 Å². The van der Waals surface area contributed by atoms with Gasteiger partial charge in [0.05, 0.1) is 5.82 Å². The molecule has 5 heteroatoms. The summed E-state index contributed by atoms with van der Waals surface area (Å²) in [4.78, 5) is 17.2. The summed E-state index contributed by atoms with van der Waals surface area (Å²) in [6.45, 7) is 2.44. The molecule has 1 fully saturated rings. The molecule has 1 aromatic heterocycles. The summed E-state index contributed by atoms with van der Waals surface area (Å²) in [7, 11) is 0. The summed E-state index contributed by atoms with van der Waals surface area (Å²) in [6.07, 6.45) is 4.98. The normalized spacial score (nSPS) is 20.0. The molecule has 0 aliphatic carbocycles. The molecule has 0 saturated carbocycles. The first-order valence-electron chi connectivity index (χ1n) is 5.68. The molecule has 1 atom stereocenters. The first-order valence-corrected chi connectivity index (χ1v) is 5.68. The molecule has 1 unspecified atom stereocenters. The van der Waals surface area contributed by atoms with Gasteiger partial charge in [0, 0.05) is 39.3 Å². The molecule has 1 amide bonds. The van der Waals surface area contributed by atoms with Gasteiger partial charge >= 0.3 is 0 Å². The quantitative estimate of drug-likeness (QED) is 0.783. The van der Waals surface area contributed by atoms with Gasteiger partial charge in [-0.2, -0.15) is 0 Å². The Morgan fingerprint density at radius 3 is 3.00 bits per heavy atom. The number of carbonyl (C=O) groups is 1. The van der Waals surface area contributed by atoms with Crippen molar-refractivity contribution in [1.29, 1.82) is 0 Å². The number of hydrogen-bond acceptors (Lipinski definition) is 2. The van der Waals surface area contributed by atoms with Crippen LogP contribution in [0.3, 0.4) is 0 Å². The standard InChI is InChI=1S/C13H14FN2O.Y/c1-2-4-10-6-7-12(15-9-10)16-8-3-5-11(14)13(16)17;/h2,4,7,9,11H,3,5,8H2,1H3;/q-1;/b4-2+;. The average molecular weight is 322 g/mol. The molecule has 2 heterocycles. The van der Waals surface area contributed by atoms with E-state index in [1.165, 1.54) is 4.90 Å². The van der Waals surface area contributed by atoms with Gasteiger partial charge in [-0.3, -0.25) is 4.79 Å². The number of aromatic nitrogens is 1. The number of allylic oxidation sites excluding steroid dienone is 1. The molecule has 18 heavy (non-hydrogen) atoms.